The van der Waals surface area contributed by atoms with Gasteiger partial charge in [0.2, 0.25) is 5.91 Å². The maximum Gasteiger partial charge on any atom is 0.234 e. The molecular weight excluding hydrogens is 427 g/mol. The second kappa shape index (κ2) is 9.65. The third-order valence-electron chi connectivity index (χ3n) is 4.71. The molecule has 0 atom stereocenters. The number of halogens is 1. The monoisotopic (exact) mass is 448 g/mol. The van der Waals surface area contributed by atoms with Gasteiger partial charge < -0.3 is 10.1 Å². The molecule has 4 rings (SSSR count). The van der Waals surface area contributed by atoms with Crippen molar-refractivity contribution in [1.82, 2.24) is 14.8 Å². The van der Waals surface area contributed by atoms with Crippen molar-refractivity contribution < 1.29 is 13.9 Å². The highest BCUT2D eigenvalue weighted by atomic mass is 32.2. The second-order valence-corrected chi connectivity index (χ2v) is 7.97. The number of ether oxygens (including phenoxy) is 1. The van der Waals surface area contributed by atoms with Crippen LogP contribution in [0.1, 0.15) is 5.56 Å². The van der Waals surface area contributed by atoms with E-state index in [-0.39, 0.29) is 17.5 Å². The molecule has 0 saturated heterocycles. The number of hydrogen-bond donors (Lipinski definition) is 1. The first kappa shape index (κ1) is 21.6. The van der Waals surface area contributed by atoms with E-state index in [0.29, 0.717) is 28.1 Å². The minimum Gasteiger partial charge on any atom is -0.495 e. The number of methoxy groups -OCH3 is 1. The molecule has 162 valence electrons. The average molecular weight is 449 g/mol. The van der Waals surface area contributed by atoms with Gasteiger partial charge in [-0.15, -0.1) is 10.2 Å². The van der Waals surface area contributed by atoms with Crippen LogP contribution in [0.5, 0.6) is 5.75 Å². The summed E-state index contributed by atoms with van der Waals surface area (Å²) in [5.41, 5.74) is 3.20. The highest BCUT2D eigenvalue weighted by Gasteiger charge is 2.18. The van der Waals surface area contributed by atoms with Gasteiger partial charge in [-0.25, -0.2) is 4.39 Å². The van der Waals surface area contributed by atoms with E-state index in [2.05, 4.69) is 15.5 Å². The number of aromatic nitrogens is 3. The number of thioether (sulfide) groups is 1. The first-order valence-electron chi connectivity index (χ1n) is 9.89. The molecule has 1 aromatic heterocycles. The van der Waals surface area contributed by atoms with Gasteiger partial charge in [-0.05, 0) is 48.9 Å². The summed E-state index contributed by atoms with van der Waals surface area (Å²) in [6.07, 6.45) is 0. The van der Waals surface area contributed by atoms with Gasteiger partial charge in [0.15, 0.2) is 11.0 Å². The minimum absolute atomic E-state index is 0.116. The zero-order valence-corrected chi connectivity index (χ0v) is 18.4. The lowest BCUT2D eigenvalue weighted by atomic mass is 10.2. The zero-order valence-electron chi connectivity index (χ0n) is 17.6. The second-order valence-electron chi connectivity index (χ2n) is 7.02. The number of carbonyl (C=O) groups excluding carboxylic acids is 1. The predicted octanol–water partition coefficient (Wildman–Crippen LogP) is 5.12. The number of nitrogens with one attached hydrogen (secondary N) is 1. The van der Waals surface area contributed by atoms with E-state index >= 15 is 0 Å². The molecule has 8 heteroatoms. The number of aryl methyl sites for hydroxylation is 1. The summed E-state index contributed by atoms with van der Waals surface area (Å²) in [7, 11) is 1.56. The summed E-state index contributed by atoms with van der Waals surface area (Å²) in [6.45, 7) is 1.94. The van der Waals surface area contributed by atoms with Crippen LogP contribution in [0.4, 0.5) is 10.1 Å². The Labute approximate surface area is 189 Å². The molecule has 0 aliphatic heterocycles. The fraction of sp³-hybridized carbons (Fsp3) is 0.125. The Bertz CT molecular complexity index is 1230. The zero-order chi connectivity index (χ0) is 22.5. The van der Waals surface area contributed by atoms with Gasteiger partial charge in [0.25, 0.3) is 0 Å². The minimum atomic E-state index is -0.330. The summed E-state index contributed by atoms with van der Waals surface area (Å²) in [4.78, 5) is 12.6. The van der Waals surface area contributed by atoms with Gasteiger partial charge in [0.05, 0.1) is 18.6 Å². The number of benzene rings is 3. The summed E-state index contributed by atoms with van der Waals surface area (Å²) in [5, 5.41) is 12.0. The molecule has 32 heavy (non-hydrogen) atoms. The van der Waals surface area contributed by atoms with Gasteiger partial charge in [-0.1, -0.05) is 48.2 Å². The summed E-state index contributed by atoms with van der Waals surface area (Å²) in [5.74, 6) is 0.790. The van der Waals surface area contributed by atoms with Crippen LogP contribution in [0.15, 0.2) is 78.0 Å². The third-order valence-corrected chi connectivity index (χ3v) is 5.64. The van der Waals surface area contributed by atoms with Gasteiger partial charge in [-0.2, -0.15) is 0 Å². The van der Waals surface area contributed by atoms with Crippen molar-refractivity contribution in [1.29, 1.82) is 0 Å². The highest BCUT2D eigenvalue weighted by molar-refractivity contribution is 7.99. The van der Waals surface area contributed by atoms with E-state index in [1.54, 1.807) is 19.2 Å². The molecule has 0 aliphatic carbocycles. The van der Waals surface area contributed by atoms with E-state index in [0.717, 1.165) is 11.1 Å². The summed E-state index contributed by atoms with van der Waals surface area (Å²) < 4.78 is 20.6. The van der Waals surface area contributed by atoms with Crippen LogP contribution in [-0.4, -0.2) is 33.5 Å². The van der Waals surface area contributed by atoms with E-state index in [1.807, 2.05) is 60.0 Å². The topological polar surface area (TPSA) is 69.0 Å². The molecule has 1 amide bonds. The first-order chi connectivity index (χ1) is 15.5. The first-order valence-corrected chi connectivity index (χ1v) is 10.9. The fourth-order valence-corrected chi connectivity index (χ4v) is 3.95. The Balaban J connectivity index is 1.59. The van der Waals surface area contributed by atoms with E-state index in [9.17, 15) is 9.18 Å². The van der Waals surface area contributed by atoms with Crippen molar-refractivity contribution in [2.24, 2.45) is 0 Å². The highest BCUT2D eigenvalue weighted by Crippen LogP contribution is 2.29. The van der Waals surface area contributed by atoms with Gasteiger partial charge in [0.1, 0.15) is 11.6 Å². The standard InChI is InChI=1S/C24H21FN4O2S/c1-16-8-13-21(31-2)20(14-16)26-22(30)15-32-24-28-27-23(17-6-4-3-5-7-17)29(24)19-11-9-18(25)10-12-19/h3-14H,15H2,1-2H3,(H,26,30). The molecule has 1 N–H and O–H groups in total. The van der Waals surface area contributed by atoms with Crippen LogP contribution >= 0.6 is 11.8 Å². The Morgan fingerprint density at radius 3 is 2.53 bits per heavy atom. The smallest absolute Gasteiger partial charge is 0.234 e. The van der Waals surface area contributed by atoms with Crippen molar-refractivity contribution >= 4 is 23.4 Å². The molecule has 1 heterocycles. The van der Waals surface area contributed by atoms with Crippen molar-refractivity contribution in [2.75, 3.05) is 18.2 Å². The van der Waals surface area contributed by atoms with Crippen LogP contribution < -0.4 is 10.1 Å². The molecule has 0 bridgehead atoms. The van der Waals surface area contributed by atoms with Crippen LogP contribution in [0.25, 0.3) is 17.1 Å². The molecule has 0 unspecified atom stereocenters. The van der Waals surface area contributed by atoms with Crippen molar-refractivity contribution in [3.63, 3.8) is 0 Å². The summed E-state index contributed by atoms with van der Waals surface area (Å²) in [6, 6.07) is 21.3. The molecule has 3 aromatic carbocycles. The SMILES string of the molecule is COc1ccc(C)cc1NC(=O)CSc1nnc(-c2ccccc2)n1-c1ccc(F)cc1. The fourth-order valence-electron chi connectivity index (χ4n) is 3.20. The van der Waals surface area contributed by atoms with Crippen LogP contribution in [0, 0.1) is 12.7 Å². The predicted molar refractivity (Wildman–Crippen MR) is 124 cm³/mol. The Hall–Kier alpha value is -3.65. The summed E-state index contributed by atoms with van der Waals surface area (Å²) >= 11 is 1.25. The molecule has 6 nitrogen and oxygen atoms in total. The third kappa shape index (κ3) is 4.81. The number of nitrogens with zero attached hydrogens (tertiary/aromatic N) is 3. The van der Waals surface area contributed by atoms with E-state index < -0.39 is 0 Å². The van der Waals surface area contributed by atoms with Crippen molar-refractivity contribution in [3.8, 4) is 22.8 Å². The maximum absolute atomic E-state index is 13.5. The number of anilines is 1. The Kier molecular flexibility index (Phi) is 6.51. The quantitative estimate of drug-likeness (QED) is 0.398. The molecule has 0 radical (unpaired) electrons. The Morgan fingerprint density at radius 2 is 1.81 bits per heavy atom. The Morgan fingerprint density at radius 1 is 1.06 bits per heavy atom. The lowest BCUT2D eigenvalue weighted by Crippen LogP contribution is -2.15. The number of rotatable bonds is 7. The number of amides is 1. The molecule has 0 aliphatic rings. The lowest BCUT2D eigenvalue weighted by Gasteiger charge is -2.12. The van der Waals surface area contributed by atoms with Crippen molar-refractivity contribution in [3.05, 3.63) is 84.2 Å². The molecule has 4 aromatic rings. The van der Waals surface area contributed by atoms with Crippen LogP contribution in [0.2, 0.25) is 0 Å². The van der Waals surface area contributed by atoms with Crippen LogP contribution in [0.3, 0.4) is 0 Å². The molecule has 0 saturated carbocycles. The van der Waals surface area contributed by atoms with Gasteiger partial charge in [0, 0.05) is 11.3 Å². The van der Waals surface area contributed by atoms with E-state index in [1.165, 1.54) is 23.9 Å². The average Bonchev–Trinajstić information content (AvgIpc) is 3.23. The maximum atomic E-state index is 13.5. The van der Waals surface area contributed by atoms with Crippen LogP contribution in [-0.2, 0) is 4.79 Å². The number of hydrogen-bond acceptors (Lipinski definition) is 5. The van der Waals surface area contributed by atoms with Gasteiger partial charge >= 0.3 is 0 Å². The molecule has 0 fully saturated rings. The molecule has 0 spiro atoms. The normalized spacial score (nSPS) is 10.7. The van der Waals surface area contributed by atoms with Crippen molar-refractivity contribution in [2.45, 2.75) is 12.1 Å². The largest absolute Gasteiger partial charge is 0.495 e. The lowest BCUT2D eigenvalue weighted by molar-refractivity contribution is -0.113. The number of carbonyl (C=O) groups is 1. The molecular formula is C24H21FN4O2S. The van der Waals surface area contributed by atoms with E-state index in [4.69, 9.17) is 4.74 Å². The van der Waals surface area contributed by atoms with Gasteiger partial charge in [-0.3, -0.25) is 9.36 Å².